The average Bonchev–Trinajstić information content (AvgIpc) is 2.42. The van der Waals surface area contributed by atoms with Crippen LogP contribution < -0.4 is 5.73 Å². The molecule has 4 nitrogen and oxygen atoms in total. The molecule has 1 aromatic heterocycles. The number of rotatable bonds is 2. The van der Waals surface area contributed by atoms with E-state index in [-0.39, 0.29) is 0 Å². The summed E-state index contributed by atoms with van der Waals surface area (Å²) in [6.07, 6.45) is 0. The number of nitrogen functional groups attached to an aromatic ring is 1. The minimum atomic E-state index is 0.555. The molecule has 1 saturated heterocycles. The van der Waals surface area contributed by atoms with Crippen LogP contribution in [-0.2, 0) is 6.54 Å². The van der Waals surface area contributed by atoms with Gasteiger partial charge < -0.3 is 10.6 Å². The fourth-order valence-corrected chi connectivity index (χ4v) is 2.93. The molecule has 4 heteroatoms. The van der Waals surface area contributed by atoms with E-state index < -0.39 is 0 Å². The number of hydrogen-bond donors (Lipinski definition) is 1. The zero-order chi connectivity index (χ0) is 14.1. The van der Waals surface area contributed by atoms with Gasteiger partial charge in [0.15, 0.2) is 0 Å². The molecule has 1 atom stereocenters. The monoisotopic (exact) mass is 270 g/mol. The minimum Gasteiger partial charge on any atom is -0.383 e. The molecule has 2 N–H and O–H groups in total. The van der Waals surface area contributed by atoms with E-state index in [1.165, 1.54) is 5.39 Å². The van der Waals surface area contributed by atoms with E-state index in [2.05, 4.69) is 40.9 Å². The first kappa shape index (κ1) is 13.3. The minimum absolute atomic E-state index is 0.555. The highest BCUT2D eigenvalue weighted by molar-refractivity contribution is 5.81. The first-order valence-electron chi connectivity index (χ1n) is 7.20. The van der Waals surface area contributed by atoms with Gasteiger partial charge in [-0.15, -0.1) is 0 Å². The number of nitrogens with two attached hydrogens (primary N) is 1. The molecule has 0 spiro atoms. The lowest BCUT2D eigenvalue weighted by Gasteiger charge is -2.38. The SMILES string of the molecule is CC1CN(C)CCN1Cc1cc2ccccc2nc1N. The summed E-state index contributed by atoms with van der Waals surface area (Å²) in [5.74, 6) is 0.662. The number of para-hydroxylation sites is 1. The lowest BCUT2D eigenvalue weighted by molar-refractivity contribution is 0.0940. The average molecular weight is 270 g/mol. The summed E-state index contributed by atoms with van der Waals surface area (Å²) in [7, 11) is 2.18. The molecule has 0 saturated carbocycles. The molecular formula is C16H22N4. The topological polar surface area (TPSA) is 45.4 Å². The smallest absolute Gasteiger partial charge is 0.128 e. The molecule has 0 amide bonds. The summed E-state index contributed by atoms with van der Waals surface area (Å²) in [6.45, 7) is 6.48. The van der Waals surface area contributed by atoms with E-state index in [0.717, 1.165) is 37.3 Å². The van der Waals surface area contributed by atoms with Crippen molar-refractivity contribution in [1.82, 2.24) is 14.8 Å². The number of hydrogen-bond acceptors (Lipinski definition) is 4. The van der Waals surface area contributed by atoms with Crippen molar-refractivity contribution >= 4 is 16.7 Å². The van der Waals surface area contributed by atoms with E-state index in [1.807, 2.05) is 18.2 Å². The number of piperazine rings is 1. The second kappa shape index (κ2) is 5.38. The largest absolute Gasteiger partial charge is 0.383 e. The summed E-state index contributed by atoms with van der Waals surface area (Å²) in [5, 5.41) is 1.17. The Kier molecular flexibility index (Phi) is 3.59. The van der Waals surface area contributed by atoms with E-state index in [9.17, 15) is 0 Å². The molecule has 1 unspecified atom stereocenters. The zero-order valence-corrected chi connectivity index (χ0v) is 12.2. The Bertz CT molecular complexity index is 610. The van der Waals surface area contributed by atoms with Gasteiger partial charge in [-0.3, -0.25) is 4.90 Å². The molecule has 0 bridgehead atoms. The molecule has 1 aliphatic rings. The molecule has 1 aromatic carbocycles. The third-order valence-electron chi connectivity index (χ3n) is 4.18. The van der Waals surface area contributed by atoms with Crippen LogP contribution in [0.4, 0.5) is 5.82 Å². The van der Waals surface area contributed by atoms with E-state index >= 15 is 0 Å². The van der Waals surface area contributed by atoms with Crippen molar-refractivity contribution in [3.63, 3.8) is 0 Å². The van der Waals surface area contributed by atoms with Crippen molar-refractivity contribution in [3.05, 3.63) is 35.9 Å². The van der Waals surface area contributed by atoms with Gasteiger partial charge in [0, 0.05) is 43.2 Å². The Hall–Kier alpha value is -1.65. The second-order valence-corrected chi connectivity index (χ2v) is 5.81. The first-order chi connectivity index (χ1) is 9.63. The highest BCUT2D eigenvalue weighted by Crippen LogP contribution is 2.21. The van der Waals surface area contributed by atoms with Crippen LogP contribution in [0, 0.1) is 0 Å². The summed E-state index contributed by atoms with van der Waals surface area (Å²) in [5.41, 5.74) is 8.24. The fourth-order valence-electron chi connectivity index (χ4n) is 2.93. The lowest BCUT2D eigenvalue weighted by Crippen LogP contribution is -2.49. The van der Waals surface area contributed by atoms with E-state index in [4.69, 9.17) is 5.73 Å². The number of likely N-dealkylation sites (N-methyl/N-ethyl adjacent to an activating group) is 1. The van der Waals surface area contributed by atoms with Crippen LogP contribution in [-0.4, -0.2) is 47.5 Å². The highest BCUT2D eigenvalue weighted by Gasteiger charge is 2.22. The third kappa shape index (κ3) is 2.62. The van der Waals surface area contributed by atoms with Crippen LogP contribution in [0.3, 0.4) is 0 Å². The van der Waals surface area contributed by atoms with Gasteiger partial charge in [-0.25, -0.2) is 4.98 Å². The normalized spacial score (nSPS) is 21.4. The Balaban J connectivity index is 1.85. The third-order valence-corrected chi connectivity index (χ3v) is 4.18. The number of anilines is 1. The summed E-state index contributed by atoms with van der Waals surface area (Å²) in [6, 6.07) is 10.9. The summed E-state index contributed by atoms with van der Waals surface area (Å²) in [4.78, 5) is 9.39. The quantitative estimate of drug-likeness (QED) is 0.906. The van der Waals surface area contributed by atoms with Crippen molar-refractivity contribution < 1.29 is 0 Å². The van der Waals surface area contributed by atoms with Crippen LogP contribution in [0.25, 0.3) is 10.9 Å². The Morgan fingerprint density at radius 1 is 1.30 bits per heavy atom. The molecule has 106 valence electrons. The fraction of sp³-hybridized carbons (Fsp3) is 0.438. The van der Waals surface area contributed by atoms with Crippen LogP contribution in [0.15, 0.2) is 30.3 Å². The van der Waals surface area contributed by atoms with Gasteiger partial charge in [0.2, 0.25) is 0 Å². The highest BCUT2D eigenvalue weighted by atomic mass is 15.3. The van der Waals surface area contributed by atoms with Crippen molar-refractivity contribution in [1.29, 1.82) is 0 Å². The number of nitrogens with zero attached hydrogens (tertiary/aromatic N) is 3. The molecule has 0 aliphatic carbocycles. The Morgan fingerprint density at radius 3 is 2.90 bits per heavy atom. The Morgan fingerprint density at radius 2 is 2.10 bits per heavy atom. The number of fused-ring (bicyclic) bond motifs is 1. The van der Waals surface area contributed by atoms with Gasteiger partial charge in [0.25, 0.3) is 0 Å². The van der Waals surface area contributed by atoms with Gasteiger partial charge in [0.05, 0.1) is 5.52 Å². The molecule has 1 fully saturated rings. The maximum atomic E-state index is 6.13. The van der Waals surface area contributed by atoms with Gasteiger partial charge in [-0.05, 0) is 26.1 Å². The maximum absolute atomic E-state index is 6.13. The van der Waals surface area contributed by atoms with Crippen LogP contribution in [0.1, 0.15) is 12.5 Å². The summed E-state index contributed by atoms with van der Waals surface area (Å²) < 4.78 is 0. The van der Waals surface area contributed by atoms with Crippen molar-refractivity contribution in [3.8, 4) is 0 Å². The van der Waals surface area contributed by atoms with Gasteiger partial charge in [-0.1, -0.05) is 18.2 Å². The molecule has 2 heterocycles. The molecule has 2 aromatic rings. The molecule has 20 heavy (non-hydrogen) atoms. The van der Waals surface area contributed by atoms with Crippen molar-refractivity contribution in [2.45, 2.75) is 19.5 Å². The standard InChI is InChI=1S/C16H22N4/c1-12-10-19(2)7-8-20(12)11-14-9-13-5-3-4-6-15(13)18-16(14)17/h3-6,9,12H,7-8,10-11H2,1-2H3,(H2,17,18). The summed E-state index contributed by atoms with van der Waals surface area (Å²) >= 11 is 0. The van der Waals surface area contributed by atoms with E-state index in [1.54, 1.807) is 0 Å². The van der Waals surface area contributed by atoms with Crippen LogP contribution in [0.5, 0.6) is 0 Å². The predicted octanol–water partition coefficient (Wildman–Crippen LogP) is 1.95. The Labute approximate surface area is 120 Å². The van der Waals surface area contributed by atoms with E-state index in [0.29, 0.717) is 11.9 Å². The lowest BCUT2D eigenvalue weighted by atomic mass is 10.1. The van der Waals surface area contributed by atoms with Crippen LogP contribution >= 0.6 is 0 Å². The van der Waals surface area contributed by atoms with Gasteiger partial charge in [0.1, 0.15) is 5.82 Å². The predicted molar refractivity (Wildman–Crippen MR) is 83.5 cm³/mol. The first-order valence-corrected chi connectivity index (χ1v) is 7.20. The molecule has 0 radical (unpaired) electrons. The molecule has 1 aliphatic heterocycles. The second-order valence-electron chi connectivity index (χ2n) is 5.81. The number of aromatic nitrogens is 1. The molecule has 3 rings (SSSR count). The van der Waals surface area contributed by atoms with Crippen LogP contribution in [0.2, 0.25) is 0 Å². The molecular weight excluding hydrogens is 248 g/mol. The van der Waals surface area contributed by atoms with Gasteiger partial charge >= 0.3 is 0 Å². The van der Waals surface area contributed by atoms with Crippen molar-refractivity contribution in [2.24, 2.45) is 0 Å². The van der Waals surface area contributed by atoms with Crippen molar-refractivity contribution in [2.75, 3.05) is 32.4 Å². The van der Waals surface area contributed by atoms with Gasteiger partial charge in [-0.2, -0.15) is 0 Å². The maximum Gasteiger partial charge on any atom is 0.128 e. The zero-order valence-electron chi connectivity index (χ0n) is 12.2. The number of pyridine rings is 1. The number of benzene rings is 1.